The lowest BCUT2D eigenvalue weighted by atomic mass is 10.1. The van der Waals surface area contributed by atoms with E-state index >= 15 is 0 Å². The Morgan fingerprint density at radius 1 is 0.925 bits per heavy atom. The maximum absolute atomic E-state index is 12.7. The van der Waals surface area contributed by atoms with Crippen molar-refractivity contribution >= 4 is 28.7 Å². The van der Waals surface area contributed by atoms with E-state index < -0.39 is 23.7 Å². The molecule has 0 radical (unpaired) electrons. The fourth-order valence-electron chi connectivity index (χ4n) is 4.03. The van der Waals surface area contributed by atoms with Crippen molar-refractivity contribution in [3.05, 3.63) is 113 Å². The van der Waals surface area contributed by atoms with Gasteiger partial charge in [0.15, 0.2) is 0 Å². The number of hydrogen-bond acceptors (Lipinski definition) is 4. The number of imidazole rings is 1. The van der Waals surface area contributed by atoms with Crippen LogP contribution in [0.1, 0.15) is 27.0 Å². The molecule has 40 heavy (non-hydrogen) atoms. The highest BCUT2D eigenvalue weighted by atomic mass is 19.4. The van der Waals surface area contributed by atoms with Crippen LogP contribution in [-0.4, -0.2) is 21.9 Å². The van der Waals surface area contributed by atoms with Gasteiger partial charge in [-0.1, -0.05) is 30.3 Å². The standard InChI is InChI=1S/C30H23F3N4O3/c1-18-6-13-22(16-24(18)27-35-25-4-2-3-5-26(25)36-27)34-29(39)37-28(38)20-9-14-23(15-10-20)40-17-19-7-11-21(12-8-19)30(31,32)33/h2-16H,17H2,1H3,(H,35,36)(H2,34,37,38,39). The number of amides is 3. The van der Waals surface area contributed by atoms with Gasteiger partial charge in [-0.3, -0.25) is 10.1 Å². The second-order valence-corrected chi connectivity index (χ2v) is 9.05. The fraction of sp³-hybridized carbons (Fsp3) is 0.100. The number of carbonyl (C=O) groups is 2. The molecule has 1 heterocycles. The molecule has 202 valence electrons. The number of imide groups is 1. The summed E-state index contributed by atoms with van der Waals surface area (Å²) in [6.45, 7) is 1.99. The SMILES string of the molecule is Cc1ccc(NC(=O)NC(=O)c2ccc(OCc3ccc(C(F)(F)F)cc3)cc2)cc1-c1nc2ccccc2[nH]1. The number of H-pyrrole nitrogens is 1. The van der Waals surface area contributed by atoms with Crippen LogP contribution in [0.4, 0.5) is 23.7 Å². The predicted molar refractivity (Wildman–Crippen MR) is 145 cm³/mol. The van der Waals surface area contributed by atoms with E-state index in [-0.39, 0.29) is 12.2 Å². The molecule has 0 saturated heterocycles. The Bertz CT molecular complexity index is 1640. The number of aromatic amines is 1. The number of aromatic nitrogens is 2. The molecular weight excluding hydrogens is 521 g/mol. The summed E-state index contributed by atoms with van der Waals surface area (Å²) in [6, 6.07) is 23.0. The van der Waals surface area contributed by atoms with Crippen molar-refractivity contribution in [1.82, 2.24) is 15.3 Å². The molecule has 0 aliphatic rings. The van der Waals surface area contributed by atoms with Gasteiger partial charge >= 0.3 is 12.2 Å². The lowest BCUT2D eigenvalue weighted by Crippen LogP contribution is -2.34. The summed E-state index contributed by atoms with van der Waals surface area (Å²) < 4.78 is 43.7. The Morgan fingerprint density at radius 2 is 1.65 bits per heavy atom. The van der Waals surface area contributed by atoms with Crippen LogP contribution in [0.3, 0.4) is 0 Å². The van der Waals surface area contributed by atoms with Crippen LogP contribution in [0.5, 0.6) is 5.75 Å². The number of anilines is 1. The summed E-state index contributed by atoms with van der Waals surface area (Å²) in [5.74, 6) is 0.467. The van der Waals surface area contributed by atoms with E-state index in [4.69, 9.17) is 4.74 Å². The summed E-state index contributed by atoms with van der Waals surface area (Å²) in [7, 11) is 0. The number of carbonyl (C=O) groups excluding carboxylic acids is 2. The second-order valence-electron chi connectivity index (χ2n) is 9.05. The van der Waals surface area contributed by atoms with Crippen molar-refractivity contribution in [2.75, 3.05) is 5.32 Å². The van der Waals surface area contributed by atoms with Crippen LogP contribution in [-0.2, 0) is 12.8 Å². The van der Waals surface area contributed by atoms with Crippen molar-refractivity contribution < 1.29 is 27.5 Å². The molecule has 0 unspecified atom stereocenters. The first-order valence-electron chi connectivity index (χ1n) is 12.2. The highest BCUT2D eigenvalue weighted by Gasteiger charge is 2.29. The molecule has 0 fully saturated rings. The maximum Gasteiger partial charge on any atom is 0.416 e. The molecule has 5 rings (SSSR count). The summed E-state index contributed by atoms with van der Waals surface area (Å²) in [5, 5.41) is 4.96. The summed E-state index contributed by atoms with van der Waals surface area (Å²) >= 11 is 0. The van der Waals surface area contributed by atoms with Crippen molar-refractivity contribution in [3.63, 3.8) is 0 Å². The largest absolute Gasteiger partial charge is 0.489 e. The molecule has 10 heteroatoms. The molecule has 0 aliphatic heterocycles. The van der Waals surface area contributed by atoms with E-state index in [1.807, 2.05) is 37.3 Å². The fourth-order valence-corrected chi connectivity index (χ4v) is 4.03. The number of fused-ring (bicyclic) bond motifs is 1. The molecule has 3 N–H and O–H groups in total. The Hall–Kier alpha value is -5.12. The molecule has 3 amide bonds. The van der Waals surface area contributed by atoms with Crippen LogP contribution in [0, 0.1) is 6.92 Å². The van der Waals surface area contributed by atoms with E-state index in [1.54, 1.807) is 12.1 Å². The van der Waals surface area contributed by atoms with Crippen LogP contribution >= 0.6 is 0 Å². The van der Waals surface area contributed by atoms with E-state index in [1.165, 1.54) is 36.4 Å². The summed E-state index contributed by atoms with van der Waals surface area (Å²) in [4.78, 5) is 33.0. The average Bonchev–Trinajstić information content (AvgIpc) is 3.37. The molecule has 1 aromatic heterocycles. The first kappa shape index (κ1) is 26.5. The topological polar surface area (TPSA) is 96.1 Å². The summed E-state index contributed by atoms with van der Waals surface area (Å²) in [5.41, 5.74) is 4.04. The third-order valence-electron chi connectivity index (χ3n) is 6.17. The van der Waals surface area contributed by atoms with Crippen molar-refractivity contribution in [3.8, 4) is 17.1 Å². The molecule has 7 nitrogen and oxygen atoms in total. The number of urea groups is 1. The van der Waals surface area contributed by atoms with Crippen molar-refractivity contribution in [1.29, 1.82) is 0 Å². The number of nitrogens with one attached hydrogen (secondary N) is 3. The zero-order valence-electron chi connectivity index (χ0n) is 21.2. The number of aryl methyl sites for hydroxylation is 1. The minimum Gasteiger partial charge on any atom is -0.489 e. The zero-order chi connectivity index (χ0) is 28.3. The van der Waals surface area contributed by atoms with Gasteiger partial charge in [0.2, 0.25) is 0 Å². The monoisotopic (exact) mass is 544 g/mol. The first-order chi connectivity index (χ1) is 19.2. The lowest BCUT2D eigenvalue weighted by molar-refractivity contribution is -0.137. The quantitative estimate of drug-likeness (QED) is 0.213. The van der Waals surface area contributed by atoms with Crippen LogP contribution in [0.15, 0.2) is 91.0 Å². The third-order valence-corrected chi connectivity index (χ3v) is 6.17. The van der Waals surface area contributed by atoms with Gasteiger partial charge < -0.3 is 15.0 Å². The third kappa shape index (κ3) is 6.12. The van der Waals surface area contributed by atoms with Gasteiger partial charge in [-0.15, -0.1) is 0 Å². The number of nitrogens with zero attached hydrogens (tertiary/aromatic N) is 1. The van der Waals surface area contributed by atoms with Gasteiger partial charge in [0, 0.05) is 16.8 Å². The normalized spacial score (nSPS) is 11.3. The van der Waals surface area contributed by atoms with Gasteiger partial charge in [-0.25, -0.2) is 9.78 Å². The smallest absolute Gasteiger partial charge is 0.416 e. The molecule has 0 atom stereocenters. The molecule has 0 saturated carbocycles. The molecule has 5 aromatic rings. The minimum absolute atomic E-state index is 0.0542. The van der Waals surface area contributed by atoms with Crippen molar-refractivity contribution in [2.45, 2.75) is 19.7 Å². The lowest BCUT2D eigenvalue weighted by Gasteiger charge is -2.11. The number of alkyl halides is 3. The second kappa shape index (κ2) is 10.9. The van der Waals surface area contributed by atoms with E-state index in [0.29, 0.717) is 22.8 Å². The molecule has 0 bridgehead atoms. The Morgan fingerprint density at radius 3 is 2.35 bits per heavy atom. The number of ether oxygens (including phenoxy) is 1. The molecular formula is C30H23F3N4O3. The Balaban J connectivity index is 1.17. The number of hydrogen-bond donors (Lipinski definition) is 3. The van der Waals surface area contributed by atoms with Gasteiger partial charge in [0.25, 0.3) is 5.91 Å². The Labute approximate surface area is 227 Å². The molecule has 0 aliphatic carbocycles. The molecule has 0 spiro atoms. The highest BCUT2D eigenvalue weighted by molar-refractivity contribution is 6.08. The number of halogens is 3. The van der Waals surface area contributed by atoms with Crippen molar-refractivity contribution in [2.24, 2.45) is 0 Å². The van der Waals surface area contributed by atoms with E-state index in [0.717, 1.165) is 34.3 Å². The predicted octanol–water partition coefficient (Wildman–Crippen LogP) is 7.10. The van der Waals surface area contributed by atoms with Crippen LogP contribution in [0.2, 0.25) is 0 Å². The first-order valence-corrected chi connectivity index (χ1v) is 12.2. The van der Waals surface area contributed by atoms with Gasteiger partial charge in [-0.05, 0) is 78.7 Å². The molecule has 4 aromatic carbocycles. The highest BCUT2D eigenvalue weighted by Crippen LogP contribution is 2.29. The van der Waals surface area contributed by atoms with E-state index in [2.05, 4.69) is 20.6 Å². The average molecular weight is 545 g/mol. The Kier molecular flexibility index (Phi) is 7.24. The summed E-state index contributed by atoms with van der Waals surface area (Å²) in [6.07, 6.45) is -4.40. The number of benzene rings is 4. The van der Waals surface area contributed by atoms with Crippen LogP contribution < -0.4 is 15.4 Å². The van der Waals surface area contributed by atoms with Crippen LogP contribution in [0.25, 0.3) is 22.4 Å². The van der Waals surface area contributed by atoms with Gasteiger partial charge in [0.05, 0.1) is 16.6 Å². The van der Waals surface area contributed by atoms with Gasteiger partial charge in [-0.2, -0.15) is 13.2 Å². The van der Waals surface area contributed by atoms with Gasteiger partial charge in [0.1, 0.15) is 18.2 Å². The number of para-hydroxylation sites is 2. The minimum atomic E-state index is -4.40. The number of rotatable bonds is 6. The zero-order valence-corrected chi connectivity index (χ0v) is 21.2. The van der Waals surface area contributed by atoms with E-state index in [9.17, 15) is 22.8 Å². The maximum atomic E-state index is 12.7.